The molecule has 0 fully saturated rings. The second-order valence-corrected chi connectivity index (χ2v) is 13.6. The Morgan fingerprint density at radius 2 is 0.673 bits per heavy atom. The molecule has 0 saturated carbocycles. The van der Waals surface area contributed by atoms with Crippen molar-refractivity contribution in [3.63, 3.8) is 0 Å². The highest BCUT2D eigenvalue weighted by molar-refractivity contribution is 6.12. The van der Waals surface area contributed by atoms with Crippen molar-refractivity contribution in [2.24, 2.45) is 0 Å². The van der Waals surface area contributed by atoms with Gasteiger partial charge in [-0.1, -0.05) is 170 Å². The summed E-state index contributed by atoms with van der Waals surface area (Å²) >= 11 is 0. The van der Waals surface area contributed by atoms with Crippen molar-refractivity contribution < 1.29 is 4.42 Å². The van der Waals surface area contributed by atoms with Crippen LogP contribution >= 0.6 is 0 Å². The SMILES string of the molecule is c1ccc(-c2ccc(-c3cccc(-c4cccc(-c5ccc6oc7cccc(-c8nc(-c9ccccc9)nc(-c9ccccc9)n8)c7c6c5)c4)c3)cc2)cc1. The second-order valence-electron chi connectivity index (χ2n) is 13.6. The van der Waals surface area contributed by atoms with E-state index in [0.717, 1.165) is 55.3 Å². The molecule has 0 spiro atoms. The van der Waals surface area contributed by atoms with E-state index < -0.39 is 0 Å². The highest BCUT2D eigenvalue weighted by Crippen LogP contribution is 2.39. The van der Waals surface area contributed by atoms with Gasteiger partial charge in [-0.2, -0.15) is 0 Å². The van der Waals surface area contributed by atoms with Gasteiger partial charge < -0.3 is 4.42 Å². The van der Waals surface area contributed by atoms with Crippen LogP contribution in [0.2, 0.25) is 0 Å². The van der Waals surface area contributed by atoms with Crippen molar-refractivity contribution in [1.29, 1.82) is 0 Å². The van der Waals surface area contributed by atoms with Crippen LogP contribution in [0.5, 0.6) is 0 Å². The summed E-state index contributed by atoms with van der Waals surface area (Å²) in [5.74, 6) is 1.85. The van der Waals surface area contributed by atoms with Gasteiger partial charge in [-0.3, -0.25) is 0 Å². The highest BCUT2D eigenvalue weighted by Gasteiger charge is 2.18. The molecule has 0 amide bonds. The largest absolute Gasteiger partial charge is 0.456 e. The molecule has 0 aliphatic heterocycles. The zero-order valence-electron chi connectivity index (χ0n) is 29.8. The number of fused-ring (bicyclic) bond motifs is 3. The molecular formula is C51H33N3O. The molecule has 0 aliphatic rings. The number of rotatable bonds is 7. The summed E-state index contributed by atoms with van der Waals surface area (Å²) in [6.07, 6.45) is 0. The van der Waals surface area contributed by atoms with Gasteiger partial charge in [0.05, 0.1) is 0 Å². The molecule has 0 unspecified atom stereocenters. The van der Waals surface area contributed by atoms with Crippen LogP contribution in [-0.2, 0) is 0 Å². The van der Waals surface area contributed by atoms with Crippen LogP contribution < -0.4 is 0 Å². The smallest absolute Gasteiger partial charge is 0.164 e. The van der Waals surface area contributed by atoms with E-state index in [1.807, 2.05) is 78.9 Å². The number of hydrogen-bond acceptors (Lipinski definition) is 4. The average molecular weight is 704 g/mol. The maximum atomic E-state index is 6.44. The fourth-order valence-corrected chi connectivity index (χ4v) is 7.36. The number of benzene rings is 8. The van der Waals surface area contributed by atoms with Gasteiger partial charge in [-0.25, -0.2) is 15.0 Å². The minimum Gasteiger partial charge on any atom is -0.456 e. The lowest BCUT2D eigenvalue weighted by atomic mass is 9.95. The van der Waals surface area contributed by atoms with Gasteiger partial charge in [0.25, 0.3) is 0 Å². The number of nitrogens with zero attached hydrogens (tertiary/aromatic N) is 3. The standard InChI is InChI=1S/C51H33N3O/c1-4-13-34(14-5-1)35-25-27-36(28-26-35)39-19-10-20-40(31-39)41-21-11-22-42(32-41)43-29-30-46-45(33-43)48-44(23-12-24-47(48)55-46)51-53-49(37-15-6-2-7-16-37)52-50(54-51)38-17-8-3-9-18-38/h1-33H. The maximum absolute atomic E-state index is 6.44. The van der Waals surface area contributed by atoms with Gasteiger partial charge in [-0.05, 0) is 74.8 Å². The van der Waals surface area contributed by atoms with Crippen molar-refractivity contribution in [1.82, 2.24) is 15.0 Å². The molecule has 0 N–H and O–H groups in total. The monoisotopic (exact) mass is 703 g/mol. The Kier molecular flexibility index (Phi) is 8.12. The molecule has 0 bridgehead atoms. The third-order valence-electron chi connectivity index (χ3n) is 10.2. The minimum absolute atomic E-state index is 0.600. The molecule has 0 atom stereocenters. The first-order valence-corrected chi connectivity index (χ1v) is 18.4. The van der Waals surface area contributed by atoms with E-state index in [-0.39, 0.29) is 0 Å². The molecular weight excluding hydrogens is 671 g/mol. The maximum Gasteiger partial charge on any atom is 0.164 e. The van der Waals surface area contributed by atoms with Crippen LogP contribution in [0.3, 0.4) is 0 Å². The van der Waals surface area contributed by atoms with E-state index >= 15 is 0 Å². The zero-order valence-corrected chi connectivity index (χ0v) is 29.8. The Bertz CT molecular complexity index is 2900. The lowest BCUT2D eigenvalue weighted by molar-refractivity contribution is 0.669. The molecule has 258 valence electrons. The quantitative estimate of drug-likeness (QED) is 0.166. The summed E-state index contributed by atoms with van der Waals surface area (Å²) in [6, 6.07) is 69.5. The minimum atomic E-state index is 0.600. The van der Waals surface area contributed by atoms with Crippen molar-refractivity contribution in [2.75, 3.05) is 0 Å². The molecule has 4 heteroatoms. The van der Waals surface area contributed by atoms with E-state index in [0.29, 0.717) is 17.5 Å². The molecule has 0 saturated heterocycles. The summed E-state index contributed by atoms with van der Waals surface area (Å²) in [5.41, 5.74) is 13.7. The van der Waals surface area contributed by atoms with E-state index in [9.17, 15) is 0 Å². The van der Waals surface area contributed by atoms with E-state index in [4.69, 9.17) is 19.4 Å². The van der Waals surface area contributed by atoms with Crippen molar-refractivity contribution in [3.8, 4) is 78.7 Å². The van der Waals surface area contributed by atoms with Crippen LogP contribution in [-0.4, -0.2) is 15.0 Å². The molecule has 4 nitrogen and oxygen atoms in total. The normalized spacial score (nSPS) is 11.3. The van der Waals surface area contributed by atoms with Crippen LogP contribution in [0.4, 0.5) is 0 Å². The Hall–Kier alpha value is -7.43. The number of hydrogen-bond donors (Lipinski definition) is 0. The summed E-state index contributed by atoms with van der Waals surface area (Å²) in [7, 11) is 0. The highest BCUT2D eigenvalue weighted by atomic mass is 16.3. The zero-order chi connectivity index (χ0) is 36.6. The Morgan fingerprint density at radius 3 is 1.24 bits per heavy atom. The molecule has 55 heavy (non-hydrogen) atoms. The van der Waals surface area contributed by atoms with Crippen molar-refractivity contribution >= 4 is 21.9 Å². The number of aromatic nitrogens is 3. The Balaban J connectivity index is 1.04. The van der Waals surface area contributed by atoms with E-state index in [2.05, 4.69) is 121 Å². The Morgan fingerprint density at radius 1 is 0.273 bits per heavy atom. The molecule has 0 aliphatic carbocycles. The molecule has 10 rings (SSSR count). The summed E-state index contributed by atoms with van der Waals surface area (Å²) in [5, 5.41) is 1.99. The summed E-state index contributed by atoms with van der Waals surface area (Å²) in [6.45, 7) is 0. The molecule has 2 aromatic heterocycles. The summed E-state index contributed by atoms with van der Waals surface area (Å²) < 4.78 is 6.44. The van der Waals surface area contributed by atoms with Gasteiger partial charge in [-0.15, -0.1) is 0 Å². The third-order valence-corrected chi connectivity index (χ3v) is 10.2. The number of furan rings is 1. The van der Waals surface area contributed by atoms with Gasteiger partial charge >= 0.3 is 0 Å². The first kappa shape index (κ1) is 32.2. The fraction of sp³-hybridized carbons (Fsp3) is 0. The first-order chi connectivity index (χ1) is 27.2. The third kappa shape index (κ3) is 6.26. The van der Waals surface area contributed by atoms with Gasteiger partial charge in [0.15, 0.2) is 17.5 Å². The van der Waals surface area contributed by atoms with Crippen LogP contribution in [0.1, 0.15) is 0 Å². The van der Waals surface area contributed by atoms with Gasteiger partial charge in [0, 0.05) is 27.5 Å². The van der Waals surface area contributed by atoms with Crippen LogP contribution in [0.25, 0.3) is 101 Å². The predicted octanol–water partition coefficient (Wildman–Crippen LogP) is 13.4. The lowest BCUT2D eigenvalue weighted by Crippen LogP contribution is -2.00. The van der Waals surface area contributed by atoms with Crippen molar-refractivity contribution in [2.45, 2.75) is 0 Å². The summed E-state index contributed by atoms with van der Waals surface area (Å²) in [4.78, 5) is 15.0. The van der Waals surface area contributed by atoms with Crippen molar-refractivity contribution in [3.05, 3.63) is 200 Å². The second kappa shape index (κ2) is 13.8. The van der Waals surface area contributed by atoms with E-state index in [1.165, 1.54) is 27.8 Å². The first-order valence-electron chi connectivity index (χ1n) is 18.4. The van der Waals surface area contributed by atoms with Gasteiger partial charge in [0.1, 0.15) is 11.2 Å². The lowest BCUT2D eigenvalue weighted by Gasteiger charge is -2.10. The average Bonchev–Trinajstić information content (AvgIpc) is 3.66. The Labute approximate surface area is 319 Å². The van der Waals surface area contributed by atoms with E-state index in [1.54, 1.807) is 0 Å². The molecule has 10 aromatic rings. The fourth-order valence-electron chi connectivity index (χ4n) is 7.36. The molecule has 8 aromatic carbocycles. The van der Waals surface area contributed by atoms with Gasteiger partial charge in [0.2, 0.25) is 0 Å². The topological polar surface area (TPSA) is 51.8 Å². The molecule has 0 radical (unpaired) electrons. The predicted molar refractivity (Wildman–Crippen MR) is 225 cm³/mol. The van der Waals surface area contributed by atoms with Crippen LogP contribution in [0.15, 0.2) is 205 Å². The molecule has 2 heterocycles. The van der Waals surface area contributed by atoms with Crippen LogP contribution in [0, 0.1) is 0 Å².